The van der Waals surface area contributed by atoms with Crippen molar-refractivity contribution in [3.63, 3.8) is 0 Å². The van der Waals surface area contributed by atoms with Crippen LogP contribution in [0, 0.1) is 12.7 Å². The van der Waals surface area contributed by atoms with Gasteiger partial charge in [-0.1, -0.05) is 87.7 Å². The third-order valence-electron chi connectivity index (χ3n) is 17.7. The van der Waals surface area contributed by atoms with Crippen LogP contribution >= 0.6 is 11.3 Å². The molecule has 0 spiro atoms. The number of rotatable bonds is 19. The topological polar surface area (TPSA) is 194 Å². The van der Waals surface area contributed by atoms with E-state index in [0.717, 1.165) is 122 Å². The zero-order valence-electron chi connectivity index (χ0n) is 52.2. The van der Waals surface area contributed by atoms with Gasteiger partial charge < -0.3 is 48.4 Å². The second-order valence-corrected chi connectivity index (χ2v) is 24.6. The zero-order chi connectivity index (χ0) is 61.7. The molecule has 0 saturated carbocycles. The molecular formula is C67H86FN11O8S. The van der Waals surface area contributed by atoms with E-state index in [-0.39, 0.29) is 53.8 Å². The Balaban J connectivity index is 0.000000190. The van der Waals surface area contributed by atoms with E-state index in [4.69, 9.17) is 38.4 Å². The Morgan fingerprint density at radius 1 is 0.864 bits per heavy atom. The molecule has 19 nitrogen and oxygen atoms in total. The number of aromatic nitrogens is 5. The molecule has 3 amide bonds. The van der Waals surface area contributed by atoms with Gasteiger partial charge in [0.2, 0.25) is 18.2 Å². The number of carbonyl (C=O) groups excluding carboxylic acids is 3. The molecule has 5 fully saturated rings. The number of hydrogen-bond acceptors (Lipinski definition) is 17. The van der Waals surface area contributed by atoms with E-state index in [0.29, 0.717) is 85.9 Å². The van der Waals surface area contributed by atoms with Crippen molar-refractivity contribution in [3.8, 4) is 33.5 Å². The summed E-state index contributed by atoms with van der Waals surface area (Å²) < 4.78 is 45.6. The van der Waals surface area contributed by atoms with Crippen LogP contribution in [0.4, 0.5) is 16.0 Å². The van der Waals surface area contributed by atoms with Crippen molar-refractivity contribution in [2.24, 2.45) is 0 Å². The molecule has 21 heteroatoms. The maximum atomic E-state index is 17.1. The first-order valence-electron chi connectivity index (χ1n) is 31.6. The van der Waals surface area contributed by atoms with Crippen molar-refractivity contribution >= 4 is 62.9 Å². The van der Waals surface area contributed by atoms with Crippen molar-refractivity contribution in [3.05, 3.63) is 101 Å². The highest BCUT2D eigenvalue weighted by Crippen LogP contribution is 2.44. The number of carbonyl (C=O) groups is 3. The minimum atomic E-state index is -0.497. The quantitative estimate of drug-likeness (QED) is 0.0593. The van der Waals surface area contributed by atoms with Crippen molar-refractivity contribution in [2.75, 3.05) is 96.4 Å². The number of piperazine rings is 1. The number of ether oxygens (including phenoxy) is 4. The molecule has 3 aromatic carbocycles. The first kappa shape index (κ1) is 63.7. The molecule has 7 aromatic rings. The second kappa shape index (κ2) is 29.8. The third kappa shape index (κ3) is 14.4. The van der Waals surface area contributed by atoms with E-state index in [1.165, 1.54) is 19.3 Å². The Bertz CT molecular complexity index is 3480. The van der Waals surface area contributed by atoms with Crippen LogP contribution in [0.2, 0.25) is 0 Å². The number of halogens is 1. The van der Waals surface area contributed by atoms with Gasteiger partial charge in [-0.05, 0) is 118 Å². The van der Waals surface area contributed by atoms with E-state index in [1.54, 1.807) is 47.6 Å². The maximum absolute atomic E-state index is 17.1. The number of aryl methyl sites for hydroxylation is 2. The normalized spacial score (nSPS) is 19.8. The molecule has 12 rings (SSSR count). The number of likely N-dealkylation sites (tertiary alicyclic amines) is 1. The number of hydrogen-bond donors (Lipinski definition) is 1. The van der Waals surface area contributed by atoms with Crippen LogP contribution in [-0.4, -0.2) is 162 Å². The SMILES string of the molecule is CCC.CCc1cccc2cc(OCOC)cc(-c3ncc4c(N5CCCCCC5)nc(OCC56CCCN5[C@@H](COC)CC6)nc4c3F)c12.Cc1ncsc1-c1ccc(C(C)NC(=O)C2CCCN2C(=O)Cc2cc(N3CCN(C=O)CC3)no2)cc1. The molecule has 0 bridgehead atoms. The van der Waals surface area contributed by atoms with Crippen LogP contribution in [0.25, 0.3) is 43.4 Å². The Kier molecular flexibility index (Phi) is 21.6. The monoisotopic (exact) mass is 1220 g/mol. The van der Waals surface area contributed by atoms with Crippen LogP contribution in [0.15, 0.2) is 76.9 Å². The summed E-state index contributed by atoms with van der Waals surface area (Å²) >= 11 is 1.61. The number of pyridine rings is 1. The summed E-state index contributed by atoms with van der Waals surface area (Å²) in [5.74, 6) is 1.65. The fourth-order valence-electron chi connectivity index (χ4n) is 13.2. The summed E-state index contributed by atoms with van der Waals surface area (Å²) in [6, 6.07) is 19.8. The van der Waals surface area contributed by atoms with Crippen LogP contribution in [0.1, 0.15) is 127 Å². The fourth-order valence-corrected chi connectivity index (χ4v) is 14.0. The first-order valence-corrected chi connectivity index (χ1v) is 32.4. The number of nitrogens with zero attached hydrogens (tertiary/aromatic N) is 10. The van der Waals surface area contributed by atoms with Gasteiger partial charge >= 0.3 is 6.01 Å². The van der Waals surface area contributed by atoms with E-state index >= 15 is 4.39 Å². The van der Waals surface area contributed by atoms with E-state index in [2.05, 4.69) is 64.2 Å². The van der Waals surface area contributed by atoms with Gasteiger partial charge in [-0.15, -0.1) is 11.3 Å². The highest BCUT2D eigenvalue weighted by atomic mass is 32.1. The number of benzene rings is 3. The summed E-state index contributed by atoms with van der Waals surface area (Å²) in [5, 5.41) is 9.72. The second-order valence-electron chi connectivity index (χ2n) is 23.8. The Labute approximate surface area is 520 Å². The minimum absolute atomic E-state index is 0.0547. The molecule has 5 aliphatic rings. The standard InChI is InChI=1S/C37H46FN5O4.C27H32N6O4S.C3H8/c1-4-25-11-9-12-26-19-28(47-24-45-3)20-29(31(25)26)33-32(38)34-30(21-39-33)35(42-16-7-5-6-8-17-42)41-36(40-34)46-23-37-14-10-18-43(37)27(13-15-37)22-44-2;1-18(20-5-7-21(8-6-20)26-19(2)28-16-38-26)29-27(36)23-4-3-9-33(23)25(35)15-22-14-24(30-37-22)32-12-10-31(17-34)11-13-32;1-3-2/h9,11-12,19-21,27H,4-8,10,13-18,22-24H2,1-3H3;5-8,14,16-18,23H,3-4,9-13,15H2,1-2H3,(H,29,36);3H2,1-2H3/t27-,37?;;/m1../s1. The third-order valence-corrected chi connectivity index (χ3v) is 18.7. The molecule has 470 valence electrons. The number of methoxy groups -OCH3 is 2. The number of anilines is 2. The van der Waals surface area contributed by atoms with E-state index in [1.807, 2.05) is 60.7 Å². The fraction of sp³-hybridized carbons (Fsp3) is 0.522. The summed E-state index contributed by atoms with van der Waals surface area (Å²) in [6.07, 6.45) is 14.9. The Morgan fingerprint density at radius 2 is 1.65 bits per heavy atom. The van der Waals surface area contributed by atoms with Gasteiger partial charge in [0.1, 0.15) is 41.2 Å². The first-order chi connectivity index (χ1) is 42.9. The smallest absolute Gasteiger partial charge is 0.319 e. The van der Waals surface area contributed by atoms with Gasteiger partial charge in [-0.25, -0.2) is 9.37 Å². The molecule has 4 atom stereocenters. The summed E-state index contributed by atoms with van der Waals surface area (Å²) in [6.45, 7) is 17.5. The molecule has 9 heterocycles. The minimum Gasteiger partial charge on any atom is -0.468 e. The van der Waals surface area contributed by atoms with Gasteiger partial charge in [0.15, 0.2) is 18.4 Å². The largest absolute Gasteiger partial charge is 0.468 e. The number of nitrogens with one attached hydrogen (secondary N) is 1. The predicted molar refractivity (Wildman–Crippen MR) is 341 cm³/mol. The van der Waals surface area contributed by atoms with Crippen molar-refractivity contribution in [2.45, 2.75) is 142 Å². The zero-order valence-corrected chi connectivity index (χ0v) is 53.0. The predicted octanol–water partition coefficient (Wildman–Crippen LogP) is 11.1. The maximum Gasteiger partial charge on any atom is 0.319 e. The van der Waals surface area contributed by atoms with E-state index < -0.39 is 11.9 Å². The number of thiazole rings is 1. The van der Waals surface area contributed by atoms with Crippen molar-refractivity contribution < 1.29 is 42.2 Å². The lowest BCUT2D eigenvalue weighted by atomic mass is 9.95. The molecule has 1 N–H and O–H groups in total. The molecule has 0 aliphatic carbocycles. The van der Waals surface area contributed by atoms with Crippen molar-refractivity contribution in [1.29, 1.82) is 0 Å². The number of fused-ring (bicyclic) bond motifs is 3. The average Bonchev–Trinajstić information content (AvgIpc) is 1.30. The van der Waals surface area contributed by atoms with Crippen LogP contribution in [0.5, 0.6) is 11.8 Å². The van der Waals surface area contributed by atoms with Crippen LogP contribution < -0.4 is 24.6 Å². The van der Waals surface area contributed by atoms with Crippen LogP contribution in [0.3, 0.4) is 0 Å². The lowest BCUT2D eigenvalue weighted by Crippen LogP contribution is -2.47. The molecule has 3 unspecified atom stereocenters. The highest BCUT2D eigenvalue weighted by Gasteiger charge is 2.50. The molecule has 0 radical (unpaired) electrons. The summed E-state index contributed by atoms with van der Waals surface area (Å²) in [4.78, 5) is 67.5. The molecule has 5 saturated heterocycles. The summed E-state index contributed by atoms with van der Waals surface area (Å²) in [7, 11) is 3.35. The van der Waals surface area contributed by atoms with Gasteiger partial charge in [0.25, 0.3) is 0 Å². The van der Waals surface area contributed by atoms with Crippen molar-refractivity contribution in [1.82, 2.24) is 45.1 Å². The van der Waals surface area contributed by atoms with Gasteiger partial charge in [0, 0.05) is 83.9 Å². The van der Waals surface area contributed by atoms with Gasteiger partial charge in [0.05, 0.1) is 46.1 Å². The van der Waals surface area contributed by atoms with Gasteiger partial charge in [-0.2, -0.15) is 9.97 Å². The lowest BCUT2D eigenvalue weighted by Gasteiger charge is -2.34. The van der Waals surface area contributed by atoms with E-state index in [9.17, 15) is 14.4 Å². The number of amides is 3. The summed E-state index contributed by atoms with van der Waals surface area (Å²) in [5.41, 5.74) is 7.14. The molecule has 88 heavy (non-hydrogen) atoms. The molecule has 4 aromatic heterocycles. The lowest BCUT2D eigenvalue weighted by molar-refractivity contribution is -0.138. The van der Waals surface area contributed by atoms with Crippen LogP contribution in [-0.2, 0) is 36.7 Å². The van der Waals surface area contributed by atoms with Gasteiger partial charge in [-0.3, -0.25) is 24.3 Å². The molecular weight excluding hydrogens is 1140 g/mol. The Hall–Kier alpha value is -7.33. The Morgan fingerprint density at radius 3 is 2.36 bits per heavy atom. The average molecular weight is 1220 g/mol. The molecule has 5 aliphatic heterocycles. The highest BCUT2D eigenvalue weighted by molar-refractivity contribution is 7.13.